The number of para-hydroxylation sites is 1. The van der Waals surface area contributed by atoms with E-state index in [-0.39, 0.29) is 11.9 Å². The van der Waals surface area contributed by atoms with Crippen LogP contribution in [0.4, 0.5) is 0 Å². The molecule has 0 aliphatic heterocycles. The summed E-state index contributed by atoms with van der Waals surface area (Å²) in [7, 11) is 0. The highest BCUT2D eigenvalue weighted by atomic mass is 16.3. The van der Waals surface area contributed by atoms with Crippen LogP contribution in [0.2, 0.25) is 0 Å². The van der Waals surface area contributed by atoms with E-state index < -0.39 is 6.10 Å². The molecule has 3 rings (SSSR count). The Morgan fingerprint density at radius 1 is 1.32 bits per heavy atom. The van der Waals surface area contributed by atoms with Crippen LogP contribution in [-0.2, 0) is 11.2 Å². The largest absolute Gasteiger partial charge is 0.391 e. The van der Waals surface area contributed by atoms with Crippen LogP contribution in [0.15, 0.2) is 30.5 Å². The second-order valence-electron chi connectivity index (χ2n) is 6.25. The van der Waals surface area contributed by atoms with E-state index in [9.17, 15) is 9.90 Å². The van der Waals surface area contributed by atoms with Gasteiger partial charge in [-0.2, -0.15) is 0 Å². The molecule has 1 saturated carbocycles. The van der Waals surface area contributed by atoms with Gasteiger partial charge in [-0.05, 0) is 37.8 Å². The van der Waals surface area contributed by atoms with Gasteiger partial charge in [-0.1, -0.05) is 31.0 Å². The zero-order valence-corrected chi connectivity index (χ0v) is 12.9. The topological polar surface area (TPSA) is 65.1 Å². The number of rotatable bonds is 4. The number of hydrogen-bond donors (Lipinski definition) is 3. The van der Waals surface area contributed by atoms with Crippen molar-refractivity contribution in [3.8, 4) is 0 Å². The van der Waals surface area contributed by atoms with Gasteiger partial charge < -0.3 is 15.4 Å². The fraction of sp³-hybridized carbons (Fsp3) is 0.444. The fourth-order valence-electron chi connectivity index (χ4n) is 3.22. The van der Waals surface area contributed by atoms with E-state index >= 15 is 0 Å². The number of aliphatic hydroxyl groups excluding tert-OH is 1. The van der Waals surface area contributed by atoms with Crippen molar-refractivity contribution >= 4 is 16.8 Å². The molecule has 1 fully saturated rings. The van der Waals surface area contributed by atoms with Crippen molar-refractivity contribution in [2.75, 3.05) is 0 Å². The summed E-state index contributed by atoms with van der Waals surface area (Å²) < 4.78 is 0. The molecule has 1 aliphatic carbocycles. The van der Waals surface area contributed by atoms with E-state index in [2.05, 4.69) is 16.4 Å². The van der Waals surface area contributed by atoms with Gasteiger partial charge in [-0.15, -0.1) is 0 Å². The molecule has 0 saturated heterocycles. The predicted molar refractivity (Wildman–Crippen MR) is 87.3 cm³/mol. The van der Waals surface area contributed by atoms with Crippen molar-refractivity contribution in [3.63, 3.8) is 0 Å². The second-order valence-corrected chi connectivity index (χ2v) is 6.25. The van der Waals surface area contributed by atoms with Gasteiger partial charge in [-0.3, -0.25) is 4.79 Å². The standard InChI is InChI=1S/C18H23N2O2/c1-12(18(22)20-16-8-4-5-9-17(16)21)10-13-11-19-15-7-3-2-6-14(13)15/h2-3,6-7,11,16-17,19,21H,4-5,8-10H2,1H3,(H,20,22). The summed E-state index contributed by atoms with van der Waals surface area (Å²) in [6.45, 7) is 1.87. The van der Waals surface area contributed by atoms with Crippen molar-refractivity contribution in [3.05, 3.63) is 41.9 Å². The maximum absolute atomic E-state index is 12.3. The molecule has 2 atom stereocenters. The quantitative estimate of drug-likeness (QED) is 0.812. The van der Waals surface area contributed by atoms with Crippen LogP contribution in [0.5, 0.6) is 0 Å². The maximum Gasteiger partial charge on any atom is 0.227 e. The Kier molecular flexibility index (Phi) is 4.48. The minimum absolute atomic E-state index is 0.0452. The zero-order chi connectivity index (χ0) is 15.5. The van der Waals surface area contributed by atoms with Crippen LogP contribution >= 0.6 is 0 Å². The predicted octanol–water partition coefficient (Wildman–Crippen LogP) is 2.72. The van der Waals surface area contributed by atoms with E-state index in [0.29, 0.717) is 6.42 Å². The van der Waals surface area contributed by atoms with Crippen molar-refractivity contribution < 1.29 is 9.90 Å². The smallest absolute Gasteiger partial charge is 0.227 e. The molecular weight excluding hydrogens is 276 g/mol. The molecule has 117 valence electrons. The Balaban J connectivity index is 1.63. The normalized spacial score (nSPS) is 22.1. The minimum Gasteiger partial charge on any atom is -0.391 e. The molecule has 2 unspecified atom stereocenters. The molecule has 3 N–H and O–H groups in total. The van der Waals surface area contributed by atoms with Gasteiger partial charge in [0, 0.05) is 17.1 Å². The van der Waals surface area contributed by atoms with Crippen molar-refractivity contribution in [1.29, 1.82) is 0 Å². The summed E-state index contributed by atoms with van der Waals surface area (Å²) in [5.41, 5.74) is 2.22. The Bertz CT molecular complexity index is 649. The summed E-state index contributed by atoms with van der Waals surface area (Å²) in [4.78, 5) is 15.6. The number of fused-ring (bicyclic) bond motifs is 1. The molecule has 4 nitrogen and oxygen atoms in total. The molecule has 1 aromatic heterocycles. The number of H-pyrrole nitrogens is 1. The van der Waals surface area contributed by atoms with E-state index in [1.165, 1.54) is 0 Å². The highest BCUT2D eigenvalue weighted by Gasteiger charge is 2.26. The third-order valence-corrected chi connectivity index (χ3v) is 4.56. The number of aliphatic hydroxyl groups is 1. The van der Waals surface area contributed by atoms with Gasteiger partial charge in [0.05, 0.1) is 18.1 Å². The first-order valence-electron chi connectivity index (χ1n) is 8.01. The molecule has 1 aromatic carbocycles. The number of amides is 1. The van der Waals surface area contributed by atoms with E-state index in [1.807, 2.05) is 31.3 Å². The van der Waals surface area contributed by atoms with Crippen molar-refractivity contribution in [1.82, 2.24) is 10.3 Å². The summed E-state index contributed by atoms with van der Waals surface area (Å²) in [5, 5.41) is 14.1. The number of aromatic amines is 1. The molecule has 1 heterocycles. The summed E-state index contributed by atoms with van der Waals surface area (Å²) in [6, 6.07) is 8.01. The lowest BCUT2D eigenvalue weighted by molar-refractivity contribution is -0.121. The SMILES string of the molecule is C[C](Cc1c[nH]c2ccccc12)C(=O)NC1CCCCC1O. The Morgan fingerprint density at radius 3 is 2.91 bits per heavy atom. The average molecular weight is 299 g/mol. The van der Waals surface area contributed by atoms with Gasteiger partial charge >= 0.3 is 0 Å². The van der Waals surface area contributed by atoms with Crippen LogP contribution in [-0.4, -0.2) is 28.1 Å². The average Bonchev–Trinajstić information content (AvgIpc) is 2.93. The number of benzene rings is 1. The minimum atomic E-state index is -0.404. The number of carbonyl (C=O) groups is 1. The summed E-state index contributed by atoms with van der Waals surface area (Å²) >= 11 is 0. The van der Waals surface area contributed by atoms with Crippen LogP contribution < -0.4 is 5.32 Å². The van der Waals surface area contributed by atoms with E-state index in [1.54, 1.807) is 0 Å². The van der Waals surface area contributed by atoms with Crippen LogP contribution in [0.25, 0.3) is 10.9 Å². The highest BCUT2D eigenvalue weighted by molar-refractivity contribution is 5.91. The third-order valence-electron chi connectivity index (χ3n) is 4.56. The zero-order valence-electron chi connectivity index (χ0n) is 12.9. The lowest BCUT2D eigenvalue weighted by atomic mass is 9.91. The monoisotopic (exact) mass is 299 g/mol. The van der Waals surface area contributed by atoms with Crippen LogP contribution in [0, 0.1) is 5.92 Å². The number of aromatic nitrogens is 1. The number of carbonyl (C=O) groups excluding carboxylic acids is 1. The molecule has 0 bridgehead atoms. The second kappa shape index (κ2) is 6.53. The van der Waals surface area contributed by atoms with Gasteiger partial charge in [0.15, 0.2) is 0 Å². The van der Waals surface area contributed by atoms with E-state index in [4.69, 9.17) is 0 Å². The van der Waals surface area contributed by atoms with Gasteiger partial charge in [-0.25, -0.2) is 0 Å². The van der Waals surface area contributed by atoms with Crippen LogP contribution in [0.1, 0.15) is 38.2 Å². The summed E-state index contributed by atoms with van der Waals surface area (Å²) in [6.07, 6.45) is 5.96. The number of hydrogen-bond acceptors (Lipinski definition) is 2. The molecule has 1 radical (unpaired) electrons. The van der Waals surface area contributed by atoms with Gasteiger partial charge in [0.1, 0.15) is 0 Å². The molecule has 22 heavy (non-hydrogen) atoms. The molecule has 1 amide bonds. The van der Waals surface area contributed by atoms with Crippen molar-refractivity contribution in [2.24, 2.45) is 0 Å². The molecule has 0 spiro atoms. The van der Waals surface area contributed by atoms with Crippen LogP contribution in [0.3, 0.4) is 0 Å². The molecule has 2 aromatic rings. The lowest BCUT2D eigenvalue weighted by Crippen LogP contribution is -2.46. The molecule has 4 heteroatoms. The van der Waals surface area contributed by atoms with Gasteiger partial charge in [0.2, 0.25) is 5.91 Å². The summed E-state index contributed by atoms with van der Waals surface area (Å²) in [5.74, 6) is 0.735. The first-order chi connectivity index (χ1) is 10.6. The number of nitrogens with one attached hydrogen (secondary N) is 2. The lowest BCUT2D eigenvalue weighted by Gasteiger charge is -2.29. The van der Waals surface area contributed by atoms with E-state index in [0.717, 1.165) is 48.1 Å². The van der Waals surface area contributed by atoms with Crippen molar-refractivity contribution in [2.45, 2.75) is 51.2 Å². The first-order valence-corrected chi connectivity index (χ1v) is 8.01. The molecule has 1 aliphatic rings. The Morgan fingerprint density at radius 2 is 2.09 bits per heavy atom. The molecular formula is C18H23N2O2. The van der Waals surface area contributed by atoms with Gasteiger partial charge in [0.25, 0.3) is 0 Å². The maximum atomic E-state index is 12.3. The Hall–Kier alpha value is -1.81. The first kappa shape index (κ1) is 15.1. The highest BCUT2D eigenvalue weighted by Crippen LogP contribution is 2.23. The Labute approximate surface area is 130 Å². The fourth-order valence-corrected chi connectivity index (χ4v) is 3.22. The third kappa shape index (κ3) is 3.17.